The molecular weight excluding hydrogens is 389 g/mol. The van der Waals surface area contributed by atoms with Crippen molar-refractivity contribution in [3.05, 3.63) is 47.7 Å². The van der Waals surface area contributed by atoms with Gasteiger partial charge in [0.15, 0.2) is 0 Å². The molecule has 6 nitrogen and oxygen atoms in total. The number of hydrogen-bond acceptors (Lipinski definition) is 5. The molecular formula is C19H25Cl2N3O3. The molecule has 1 aromatic carbocycles. The van der Waals surface area contributed by atoms with E-state index in [1.807, 2.05) is 32.0 Å². The van der Waals surface area contributed by atoms with Gasteiger partial charge in [0.25, 0.3) is 0 Å². The quantitative estimate of drug-likeness (QED) is 0.782. The Morgan fingerprint density at radius 1 is 1.30 bits per heavy atom. The maximum absolute atomic E-state index is 12.3. The van der Waals surface area contributed by atoms with E-state index in [0.29, 0.717) is 31.2 Å². The van der Waals surface area contributed by atoms with Crippen molar-refractivity contribution in [3.63, 3.8) is 0 Å². The van der Waals surface area contributed by atoms with E-state index >= 15 is 0 Å². The molecule has 1 saturated heterocycles. The first-order valence-electron chi connectivity index (χ1n) is 8.43. The highest BCUT2D eigenvalue weighted by molar-refractivity contribution is 5.92. The number of rotatable bonds is 5. The predicted octanol–water partition coefficient (Wildman–Crippen LogP) is 3.65. The fourth-order valence-corrected chi connectivity index (χ4v) is 2.68. The molecule has 1 aliphatic heterocycles. The normalized spacial score (nSPS) is 15.9. The average Bonchev–Trinajstić information content (AvgIpc) is 2.61. The lowest BCUT2D eigenvalue weighted by Gasteiger charge is -2.23. The first-order chi connectivity index (χ1) is 12.1. The zero-order chi connectivity index (χ0) is 17.6. The molecule has 0 spiro atoms. The number of nitrogens with zero attached hydrogens (tertiary/aromatic N) is 1. The van der Waals surface area contributed by atoms with Crippen LogP contribution in [0.25, 0.3) is 0 Å². The molecule has 2 heterocycles. The monoisotopic (exact) mass is 413 g/mol. The molecule has 0 saturated carbocycles. The third-order valence-corrected chi connectivity index (χ3v) is 4.24. The van der Waals surface area contributed by atoms with Crippen molar-refractivity contribution in [1.82, 2.24) is 10.3 Å². The molecule has 27 heavy (non-hydrogen) atoms. The van der Waals surface area contributed by atoms with E-state index in [1.165, 1.54) is 0 Å². The summed E-state index contributed by atoms with van der Waals surface area (Å²) < 4.78 is 11.3. The number of benzene rings is 1. The van der Waals surface area contributed by atoms with Gasteiger partial charge in [-0.15, -0.1) is 24.8 Å². The Hall–Kier alpha value is -1.86. The Labute approximate surface area is 171 Å². The van der Waals surface area contributed by atoms with Crippen molar-refractivity contribution >= 4 is 36.4 Å². The molecule has 0 bridgehead atoms. The first kappa shape index (κ1) is 23.2. The van der Waals surface area contributed by atoms with Crippen molar-refractivity contribution in [2.24, 2.45) is 0 Å². The van der Waals surface area contributed by atoms with Gasteiger partial charge in [0.1, 0.15) is 11.4 Å². The lowest BCUT2D eigenvalue weighted by atomic mass is 10.1. The molecule has 8 heteroatoms. The number of halogens is 2. The zero-order valence-corrected chi connectivity index (χ0v) is 17.0. The molecule has 3 rings (SSSR count). The second-order valence-electron chi connectivity index (χ2n) is 6.13. The minimum atomic E-state index is -0.0955. The van der Waals surface area contributed by atoms with E-state index in [9.17, 15) is 4.79 Å². The lowest BCUT2D eigenvalue weighted by Crippen LogP contribution is -2.43. The standard InChI is InChI=1S/C19H23N3O3.2ClH/c1-13-5-3-7-17(14(13)2)25-19-16(6-4-8-21-19)22-18(23)11-15-12-24-10-9-20-15;;/h3-8,15,20H,9-12H2,1-2H3,(H,22,23);2*1H. The van der Waals surface area contributed by atoms with Gasteiger partial charge < -0.3 is 20.1 Å². The van der Waals surface area contributed by atoms with Crippen LogP contribution >= 0.6 is 24.8 Å². The summed E-state index contributed by atoms with van der Waals surface area (Å²) in [6.45, 7) is 6.04. The van der Waals surface area contributed by atoms with Gasteiger partial charge in [-0.05, 0) is 43.2 Å². The topological polar surface area (TPSA) is 72.5 Å². The van der Waals surface area contributed by atoms with Crippen LogP contribution in [0.15, 0.2) is 36.5 Å². The maximum atomic E-state index is 12.3. The number of carbonyl (C=O) groups excluding carboxylic acids is 1. The van der Waals surface area contributed by atoms with Crippen LogP contribution in [-0.2, 0) is 9.53 Å². The molecule has 2 N–H and O–H groups in total. The molecule has 148 valence electrons. The summed E-state index contributed by atoms with van der Waals surface area (Å²) in [6.07, 6.45) is 1.99. The molecule has 1 atom stereocenters. The summed E-state index contributed by atoms with van der Waals surface area (Å²) in [7, 11) is 0. The summed E-state index contributed by atoms with van der Waals surface area (Å²) in [5.74, 6) is 1.02. The summed E-state index contributed by atoms with van der Waals surface area (Å²) in [5.41, 5.74) is 2.75. The Bertz CT molecular complexity index is 753. The molecule has 1 aliphatic rings. The summed E-state index contributed by atoms with van der Waals surface area (Å²) in [5, 5.41) is 6.16. The van der Waals surface area contributed by atoms with Crippen molar-refractivity contribution < 1.29 is 14.3 Å². The summed E-state index contributed by atoms with van der Waals surface area (Å²) in [4.78, 5) is 16.6. The van der Waals surface area contributed by atoms with Gasteiger partial charge in [-0.2, -0.15) is 0 Å². The molecule has 1 fully saturated rings. The van der Waals surface area contributed by atoms with Crippen molar-refractivity contribution in [1.29, 1.82) is 0 Å². The molecule has 1 amide bonds. The number of aromatic nitrogens is 1. The molecule has 1 aromatic heterocycles. The van der Waals surface area contributed by atoms with Crippen LogP contribution in [0.4, 0.5) is 5.69 Å². The third-order valence-electron chi connectivity index (χ3n) is 4.24. The van der Waals surface area contributed by atoms with E-state index in [-0.39, 0.29) is 36.8 Å². The van der Waals surface area contributed by atoms with E-state index in [0.717, 1.165) is 23.4 Å². The second-order valence-corrected chi connectivity index (χ2v) is 6.13. The first-order valence-corrected chi connectivity index (χ1v) is 8.43. The number of ether oxygens (including phenoxy) is 2. The van der Waals surface area contributed by atoms with Gasteiger partial charge >= 0.3 is 0 Å². The van der Waals surface area contributed by atoms with Crippen LogP contribution in [0, 0.1) is 13.8 Å². The average molecular weight is 414 g/mol. The molecule has 2 aromatic rings. The molecule has 0 radical (unpaired) electrons. The SMILES string of the molecule is Cc1cccc(Oc2ncccc2NC(=O)CC2COCCN2)c1C.Cl.Cl. The molecule has 1 unspecified atom stereocenters. The van der Waals surface area contributed by atoms with Gasteiger partial charge in [-0.1, -0.05) is 12.1 Å². The second kappa shape index (κ2) is 11.1. The van der Waals surface area contributed by atoms with Crippen LogP contribution in [0.5, 0.6) is 11.6 Å². The van der Waals surface area contributed by atoms with Crippen LogP contribution in [0.2, 0.25) is 0 Å². The van der Waals surface area contributed by atoms with Crippen molar-refractivity contribution in [2.75, 3.05) is 25.1 Å². The van der Waals surface area contributed by atoms with E-state index in [1.54, 1.807) is 18.3 Å². The number of amides is 1. The van der Waals surface area contributed by atoms with Crippen LogP contribution in [0.3, 0.4) is 0 Å². The largest absolute Gasteiger partial charge is 0.437 e. The minimum Gasteiger partial charge on any atom is -0.437 e. The van der Waals surface area contributed by atoms with Gasteiger partial charge in [-0.3, -0.25) is 4.79 Å². The fraction of sp³-hybridized carbons (Fsp3) is 0.368. The van der Waals surface area contributed by atoms with Crippen LogP contribution in [-0.4, -0.2) is 36.7 Å². The minimum absolute atomic E-state index is 0. The molecule has 0 aliphatic carbocycles. The number of carbonyl (C=O) groups is 1. The number of pyridine rings is 1. The summed E-state index contributed by atoms with van der Waals surface area (Å²) in [6, 6.07) is 9.46. The highest BCUT2D eigenvalue weighted by Crippen LogP contribution is 2.30. The van der Waals surface area contributed by atoms with Gasteiger partial charge in [-0.25, -0.2) is 4.98 Å². The number of aryl methyl sites for hydroxylation is 1. The Kier molecular flexibility index (Phi) is 9.52. The van der Waals surface area contributed by atoms with E-state index in [4.69, 9.17) is 9.47 Å². The number of hydrogen-bond donors (Lipinski definition) is 2. The fourth-order valence-electron chi connectivity index (χ4n) is 2.68. The smallest absolute Gasteiger partial charge is 0.243 e. The number of anilines is 1. The van der Waals surface area contributed by atoms with E-state index in [2.05, 4.69) is 15.6 Å². The van der Waals surface area contributed by atoms with Crippen molar-refractivity contribution in [3.8, 4) is 11.6 Å². The lowest BCUT2D eigenvalue weighted by molar-refractivity contribution is -0.117. The van der Waals surface area contributed by atoms with Gasteiger partial charge in [0, 0.05) is 25.2 Å². The van der Waals surface area contributed by atoms with E-state index < -0.39 is 0 Å². The maximum Gasteiger partial charge on any atom is 0.243 e. The number of nitrogens with one attached hydrogen (secondary N) is 2. The van der Waals surface area contributed by atoms with Gasteiger partial charge in [0.05, 0.1) is 13.2 Å². The number of morpholine rings is 1. The predicted molar refractivity (Wildman–Crippen MR) is 111 cm³/mol. The van der Waals surface area contributed by atoms with Gasteiger partial charge in [0.2, 0.25) is 11.8 Å². The summed E-state index contributed by atoms with van der Waals surface area (Å²) >= 11 is 0. The Balaban J connectivity index is 0.00000182. The Morgan fingerprint density at radius 3 is 2.85 bits per heavy atom. The van der Waals surface area contributed by atoms with Crippen LogP contribution in [0.1, 0.15) is 17.5 Å². The third kappa shape index (κ3) is 6.36. The zero-order valence-electron chi connectivity index (χ0n) is 15.4. The highest BCUT2D eigenvalue weighted by atomic mass is 35.5. The van der Waals surface area contributed by atoms with Crippen LogP contribution < -0.4 is 15.4 Å². The van der Waals surface area contributed by atoms with Crippen molar-refractivity contribution in [2.45, 2.75) is 26.3 Å². The Morgan fingerprint density at radius 2 is 2.11 bits per heavy atom. The highest BCUT2D eigenvalue weighted by Gasteiger charge is 2.18.